The van der Waals surface area contributed by atoms with Crippen molar-refractivity contribution in [2.75, 3.05) is 0 Å². The fourth-order valence-corrected chi connectivity index (χ4v) is 4.13. The zero-order valence-corrected chi connectivity index (χ0v) is 13.2. The van der Waals surface area contributed by atoms with Crippen LogP contribution < -0.4 is 0 Å². The summed E-state index contributed by atoms with van der Waals surface area (Å²) in [7, 11) is 0. The van der Waals surface area contributed by atoms with Crippen molar-refractivity contribution in [1.29, 1.82) is 0 Å². The Balaban J connectivity index is 1.87. The highest BCUT2D eigenvalue weighted by Gasteiger charge is 2.11. The summed E-state index contributed by atoms with van der Waals surface area (Å²) >= 11 is 1.77. The fraction of sp³-hybridized carbons (Fsp3) is 0. The Morgan fingerprint density at radius 2 is 1.52 bits per heavy atom. The number of rotatable bonds is 1. The average molecular weight is 311 g/mol. The second kappa shape index (κ2) is 4.90. The summed E-state index contributed by atoms with van der Waals surface area (Å²) in [5.74, 6) is 0. The Morgan fingerprint density at radius 3 is 2.48 bits per heavy atom. The lowest BCUT2D eigenvalue weighted by molar-refractivity contribution is 1.44. The second-order valence-corrected chi connectivity index (χ2v) is 6.62. The van der Waals surface area contributed by atoms with Crippen LogP contribution in [0.15, 0.2) is 78.2 Å². The minimum Gasteiger partial charge on any atom is -0.246 e. The minimum absolute atomic E-state index is 1.06. The summed E-state index contributed by atoms with van der Waals surface area (Å²) in [6.45, 7) is 0. The van der Waals surface area contributed by atoms with Crippen molar-refractivity contribution in [2.45, 2.75) is 0 Å². The predicted octanol–water partition coefficient (Wildman–Crippen LogP) is 6.27. The third-order valence-electron chi connectivity index (χ3n) is 4.33. The number of hydrogen-bond donors (Lipinski definition) is 0. The number of pyridine rings is 1. The highest BCUT2D eigenvalue weighted by molar-refractivity contribution is 7.17. The number of hydrogen-bond acceptors (Lipinski definition) is 2. The van der Waals surface area contributed by atoms with Gasteiger partial charge >= 0.3 is 0 Å². The summed E-state index contributed by atoms with van der Waals surface area (Å²) in [6.07, 6.45) is 0. The monoisotopic (exact) mass is 311 g/mol. The average Bonchev–Trinajstić information content (AvgIpc) is 3.11. The van der Waals surface area contributed by atoms with Crippen LogP contribution in [0.5, 0.6) is 0 Å². The first-order chi connectivity index (χ1) is 11.4. The molecule has 0 aliphatic heterocycles. The highest BCUT2D eigenvalue weighted by atomic mass is 32.1. The number of thiophene rings is 1. The molecule has 0 amide bonds. The molecule has 1 nitrogen and oxygen atoms in total. The molecule has 23 heavy (non-hydrogen) atoms. The van der Waals surface area contributed by atoms with Gasteiger partial charge in [0.1, 0.15) is 0 Å². The Hall–Kier alpha value is -2.71. The van der Waals surface area contributed by atoms with Crippen molar-refractivity contribution in [3.05, 3.63) is 78.2 Å². The molecule has 0 saturated heterocycles. The molecule has 0 bridgehead atoms. The van der Waals surface area contributed by atoms with Crippen LogP contribution in [-0.4, -0.2) is 4.98 Å². The van der Waals surface area contributed by atoms with Gasteiger partial charge in [0.2, 0.25) is 0 Å². The summed E-state index contributed by atoms with van der Waals surface area (Å²) in [5, 5.41) is 7.20. The lowest BCUT2D eigenvalue weighted by Gasteiger charge is -2.08. The molecule has 0 atom stereocenters. The van der Waals surface area contributed by atoms with Gasteiger partial charge in [-0.3, -0.25) is 0 Å². The normalized spacial score (nSPS) is 11.5. The third-order valence-corrected chi connectivity index (χ3v) is 5.25. The Labute approximate surface area is 137 Å². The van der Waals surface area contributed by atoms with Crippen LogP contribution in [0.1, 0.15) is 0 Å². The Bertz CT molecular complexity index is 1170. The molecule has 0 spiro atoms. The van der Waals surface area contributed by atoms with E-state index in [1.54, 1.807) is 11.3 Å². The molecule has 2 heterocycles. The minimum atomic E-state index is 1.06. The number of fused-ring (bicyclic) bond motifs is 4. The van der Waals surface area contributed by atoms with E-state index in [-0.39, 0.29) is 0 Å². The van der Waals surface area contributed by atoms with Crippen molar-refractivity contribution < 1.29 is 0 Å². The molecule has 0 N–H and O–H groups in total. The van der Waals surface area contributed by atoms with Gasteiger partial charge in [0.25, 0.3) is 0 Å². The van der Waals surface area contributed by atoms with E-state index in [2.05, 4.69) is 78.2 Å². The standard InChI is InChI=1S/C21H13NS/c1-2-6-15-13-16(10-9-14(15)5-1)20-21-18(11-12-23-21)17-7-3-4-8-19(17)22-20/h1-13H. The van der Waals surface area contributed by atoms with Gasteiger partial charge in [-0.05, 0) is 34.4 Å². The molecule has 0 radical (unpaired) electrons. The predicted molar refractivity (Wildman–Crippen MR) is 100 cm³/mol. The second-order valence-electron chi connectivity index (χ2n) is 5.70. The molecule has 0 saturated carbocycles. The van der Waals surface area contributed by atoms with E-state index in [1.165, 1.54) is 31.8 Å². The quantitative estimate of drug-likeness (QED) is 0.355. The fourth-order valence-electron chi connectivity index (χ4n) is 3.21. The molecule has 2 aromatic heterocycles. The molecule has 0 aliphatic carbocycles. The van der Waals surface area contributed by atoms with Gasteiger partial charge in [0.15, 0.2) is 0 Å². The maximum Gasteiger partial charge on any atom is 0.0888 e. The van der Waals surface area contributed by atoms with Crippen LogP contribution in [-0.2, 0) is 0 Å². The van der Waals surface area contributed by atoms with Gasteiger partial charge in [-0.15, -0.1) is 11.3 Å². The first-order valence-corrected chi connectivity index (χ1v) is 8.53. The molecule has 0 unspecified atom stereocenters. The summed E-state index contributed by atoms with van der Waals surface area (Å²) < 4.78 is 1.26. The van der Waals surface area contributed by atoms with E-state index in [0.717, 1.165) is 11.2 Å². The van der Waals surface area contributed by atoms with Crippen molar-refractivity contribution in [3.63, 3.8) is 0 Å². The number of aromatic nitrogens is 1. The number of para-hydroxylation sites is 1. The summed E-state index contributed by atoms with van der Waals surface area (Å²) in [6, 6.07) is 25.7. The van der Waals surface area contributed by atoms with Crippen molar-refractivity contribution in [2.24, 2.45) is 0 Å². The topological polar surface area (TPSA) is 12.9 Å². The summed E-state index contributed by atoms with van der Waals surface area (Å²) in [5.41, 5.74) is 3.32. The van der Waals surface area contributed by atoms with Gasteiger partial charge in [0.05, 0.1) is 15.9 Å². The van der Waals surface area contributed by atoms with E-state index >= 15 is 0 Å². The molecule has 0 fully saturated rings. The summed E-state index contributed by atoms with van der Waals surface area (Å²) in [4.78, 5) is 4.96. The smallest absolute Gasteiger partial charge is 0.0888 e. The Morgan fingerprint density at radius 1 is 0.696 bits per heavy atom. The van der Waals surface area contributed by atoms with Crippen LogP contribution in [0, 0.1) is 0 Å². The maximum atomic E-state index is 4.96. The SMILES string of the molecule is c1ccc2cc(-c3nc4ccccc4c4ccsc34)ccc2c1. The largest absolute Gasteiger partial charge is 0.246 e. The zero-order valence-electron chi connectivity index (χ0n) is 12.4. The van der Waals surface area contributed by atoms with E-state index in [0.29, 0.717) is 0 Å². The van der Waals surface area contributed by atoms with E-state index in [9.17, 15) is 0 Å². The molecule has 2 heteroatoms. The first kappa shape index (κ1) is 12.8. The highest BCUT2D eigenvalue weighted by Crippen LogP contribution is 2.36. The third kappa shape index (κ3) is 1.96. The first-order valence-electron chi connectivity index (χ1n) is 7.65. The molecule has 5 aromatic rings. The number of benzene rings is 3. The molecular weight excluding hydrogens is 298 g/mol. The molecule has 5 rings (SSSR count). The van der Waals surface area contributed by atoms with Gasteiger partial charge in [-0.2, -0.15) is 0 Å². The van der Waals surface area contributed by atoms with Crippen LogP contribution in [0.3, 0.4) is 0 Å². The van der Waals surface area contributed by atoms with Gasteiger partial charge in [0, 0.05) is 16.3 Å². The van der Waals surface area contributed by atoms with Gasteiger partial charge in [-0.1, -0.05) is 54.6 Å². The van der Waals surface area contributed by atoms with E-state index in [1.807, 2.05) is 0 Å². The Kier molecular flexibility index (Phi) is 2.73. The van der Waals surface area contributed by atoms with Crippen molar-refractivity contribution in [1.82, 2.24) is 4.98 Å². The van der Waals surface area contributed by atoms with Crippen LogP contribution >= 0.6 is 11.3 Å². The van der Waals surface area contributed by atoms with Crippen LogP contribution in [0.25, 0.3) is 43.0 Å². The van der Waals surface area contributed by atoms with E-state index < -0.39 is 0 Å². The van der Waals surface area contributed by atoms with Gasteiger partial charge in [-0.25, -0.2) is 4.98 Å². The van der Waals surface area contributed by atoms with Crippen LogP contribution in [0.4, 0.5) is 0 Å². The molecule has 0 aliphatic rings. The molecule has 108 valence electrons. The van der Waals surface area contributed by atoms with Gasteiger partial charge < -0.3 is 0 Å². The maximum absolute atomic E-state index is 4.96. The zero-order chi connectivity index (χ0) is 15.2. The number of nitrogens with zero attached hydrogens (tertiary/aromatic N) is 1. The van der Waals surface area contributed by atoms with E-state index in [4.69, 9.17) is 4.98 Å². The molecular formula is C21H13NS. The molecule has 3 aromatic carbocycles. The lowest BCUT2D eigenvalue weighted by atomic mass is 10.0. The van der Waals surface area contributed by atoms with Crippen molar-refractivity contribution in [3.8, 4) is 11.3 Å². The van der Waals surface area contributed by atoms with Crippen molar-refractivity contribution >= 4 is 43.1 Å². The van der Waals surface area contributed by atoms with Crippen LogP contribution in [0.2, 0.25) is 0 Å². The lowest BCUT2D eigenvalue weighted by Crippen LogP contribution is -1.87.